The first kappa shape index (κ1) is 18.7. The summed E-state index contributed by atoms with van der Waals surface area (Å²) >= 11 is 0. The van der Waals surface area contributed by atoms with Crippen LogP contribution in [0.15, 0.2) is 77.7 Å². The van der Waals surface area contributed by atoms with Crippen molar-refractivity contribution in [3.63, 3.8) is 0 Å². The number of nitrogens with one attached hydrogen (secondary N) is 1. The molecule has 0 saturated heterocycles. The molecule has 0 radical (unpaired) electrons. The van der Waals surface area contributed by atoms with Crippen molar-refractivity contribution in [3.8, 4) is 11.4 Å². The molecule has 7 nitrogen and oxygen atoms in total. The zero-order valence-corrected chi connectivity index (χ0v) is 15.9. The van der Waals surface area contributed by atoms with Crippen LogP contribution in [0.2, 0.25) is 0 Å². The van der Waals surface area contributed by atoms with Gasteiger partial charge in [0.05, 0.1) is 5.52 Å². The van der Waals surface area contributed by atoms with Gasteiger partial charge in [0.15, 0.2) is 11.5 Å². The Morgan fingerprint density at radius 2 is 1.68 bits per heavy atom. The molecule has 0 aliphatic rings. The summed E-state index contributed by atoms with van der Waals surface area (Å²) in [5.74, 6) is 0.628. The molecule has 2 aromatic carbocycles. The van der Waals surface area contributed by atoms with Crippen LogP contribution in [-0.4, -0.2) is 24.6 Å². The van der Waals surface area contributed by atoms with E-state index >= 15 is 0 Å². The second-order valence-corrected chi connectivity index (χ2v) is 6.72. The second-order valence-electron chi connectivity index (χ2n) is 6.72. The molecule has 152 valence electrons. The third kappa shape index (κ3) is 3.46. The maximum atomic E-state index is 12.9. The smallest absolute Gasteiger partial charge is 0.293 e. The van der Waals surface area contributed by atoms with Crippen LogP contribution in [-0.2, 0) is 0 Å². The Labute approximate surface area is 174 Å². The number of para-hydroxylation sites is 1. The van der Waals surface area contributed by atoms with Crippen LogP contribution in [0.25, 0.3) is 27.9 Å². The summed E-state index contributed by atoms with van der Waals surface area (Å²) in [5, 5.41) is 8.27. The summed E-state index contributed by atoms with van der Waals surface area (Å²) in [6, 6.07) is 18.1. The molecular formula is C22H14F2N6O. The molecule has 0 aliphatic heterocycles. The molecule has 9 heteroatoms. The molecule has 0 spiro atoms. The molecule has 3 heterocycles. The number of halogens is 2. The lowest BCUT2D eigenvalue weighted by molar-refractivity contribution is 0.151. The van der Waals surface area contributed by atoms with Crippen molar-refractivity contribution in [1.29, 1.82) is 0 Å². The van der Waals surface area contributed by atoms with Crippen molar-refractivity contribution in [2.24, 2.45) is 0 Å². The van der Waals surface area contributed by atoms with E-state index in [1.807, 2.05) is 24.3 Å². The predicted octanol–water partition coefficient (Wildman–Crippen LogP) is 4.38. The van der Waals surface area contributed by atoms with Gasteiger partial charge in [0.1, 0.15) is 5.69 Å². The monoisotopic (exact) mass is 416 g/mol. The number of hydrogen-bond donors (Lipinski definition) is 1. The lowest BCUT2D eigenvalue weighted by atomic mass is 10.1. The predicted molar refractivity (Wildman–Crippen MR) is 112 cm³/mol. The lowest BCUT2D eigenvalue weighted by Gasteiger charge is -2.07. The number of alkyl halides is 2. The van der Waals surface area contributed by atoms with E-state index in [4.69, 9.17) is 0 Å². The summed E-state index contributed by atoms with van der Waals surface area (Å²) in [5.41, 5.74) is 1.46. The van der Waals surface area contributed by atoms with Crippen molar-refractivity contribution < 1.29 is 8.78 Å². The highest BCUT2D eigenvalue weighted by Gasteiger charge is 2.16. The van der Waals surface area contributed by atoms with Gasteiger partial charge in [-0.2, -0.15) is 4.52 Å². The summed E-state index contributed by atoms with van der Waals surface area (Å²) in [7, 11) is 0. The largest absolute Gasteiger partial charge is 0.319 e. The Morgan fingerprint density at radius 3 is 2.48 bits per heavy atom. The molecule has 0 fully saturated rings. The van der Waals surface area contributed by atoms with Crippen LogP contribution in [0.1, 0.15) is 12.0 Å². The Balaban J connectivity index is 1.70. The van der Waals surface area contributed by atoms with Gasteiger partial charge in [0.2, 0.25) is 5.95 Å². The van der Waals surface area contributed by atoms with Gasteiger partial charge in [-0.05, 0) is 24.3 Å². The highest BCUT2D eigenvalue weighted by molar-refractivity contribution is 5.93. The van der Waals surface area contributed by atoms with Crippen LogP contribution < -0.4 is 10.9 Å². The average Bonchev–Trinajstić information content (AvgIpc) is 3.14. The summed E-state index contributed by atoms with van der Waals surface area (Å²) in [4.78, 5) is 25.2. The van der Waals surface area contributed by atoms with Gasteiger partial charge >= 0.3 is 0 Å². The number of anilines is 2. The van der Waals surface area contributed by atoms with E-state index < -0.39 is 12.0 Å². The van der Waals surface area contributed by atoms with Crippen LogP contribution in [0.3, 0.4) is 0 Å². The highest BCUT2D eigenvalue weighted by atomic mass is 19.3. The van der Waals surface area contributed by atoms with Crippen molar-refractivity contribution in [1.82, 2.24) is 24.6 Å². The molecule has 0 bridgehead atoms. The fourth-order valence-electron chi connectivity index (χ4n) is 3.21. The molecular weight excluding hydrogens is 402 g/mol. The van der Waals surface area contributed by atoms with E-state index in [0.29, 0.717) is 22.6 Å². The van der Waals surface area contributed by atoms with Gasteiger partial charge in [0, 0.05) is 22.7 Å². The molecule has 5 rings (SSSR count). The first-order valence-electron chi connectivity index (χ1n) is 9.36. The minimum Gasteiger partial charge on any atom is -0.319 e. The Morgan fingerprint density at radius 1 is 0.903 bits per heavy atom. The maximum absolute atomic E-state index is 12.9. The van der Waals surface area contributed by atoms with E-state index in [0.717, 1.165) is 5.39 Å². The normalized spacial score (nSPS) is 11.3. The third-order valence-corrected chi connectivity index (χ3v) is 4.73. The Hall–Kier alpha value is -4.27. The van der Waals surface area contributed by atoms with Crippen LogP contribution in [0.5, 0.6) is 0 Å². The number of rotatable bonds is 4. The quantitative estimate of drug-likeness (QED) is 0.468. The number of benzene rings is 2. The number of nitrogens with zero attached hydrogens (tertiary/aromatic N) is 5. The minimum absolute atomic E-state index is 0.0746. The van der Waals surface area contributed by atoms with Crippen molar-refractivity contribution >= 4 is 28.2 Å². The second kappa shape index (κ2) is 7.52. The van der Waals surface area contributed by atoms with E-state index in [1.54, 1.807) is 30.3 Å². The minimum atomic E-state index is -2.55. The molecule has 1 N–H and O–H groups in total. The zero-order chi connectivity index (χ0) is 21.4. The van der Waals surface area contributed by atoms with Crippen LogP contribution in [0.4, 0.5) is 20.4 Å². The molecule has 0 atom stereocenters. The first-order chi connectivity index (χ1) is 15.1. The van der Waals surface area contributed by atoms with Gasteiger partial charge in [0.25, 0.3) is 12.0 Å². The fraction of sp³-hybridized carbons (Fsp3) is 0.0455. The third-order valence-electron chi connectivity index (χ3n) is 4.73. The van der Waals surface area contributed by atoms with E-state index in [1.165, 1.54) is 22.8 Å². The molecule has 5 aromatic rings. The molecule has 0 amide bonds. The topological polar surface area (TPSA) is 85.1 Å². The number of fused-ring (bicyclic) bond motifs is 3. The van der Waals surface area contributed by atoms with E-state index in [-0.39, 0.29) is 17.2 Å². The molecule has 31 heavy (non-hydrogen) atoms. The number of aromatic nitrogens is 5. The van der Waals surface area contributed by atoms with Gasteiger partial charge in [-0.1, -0.05) is 42.5 Å². The maximum Gasteiger partial charge on any atom is 0.293 e. The molecule has 0 unspecified atom stereocenters. The van der Waals surface area contributed by atoms with Crippen molar-refractivity contribution in [3.05, 3.63) is 88.8 Å². The SMILES string of the molecule is O=c1nccccc1Nc1nc2ccccc2c2nc(-c3ccc(C(F)F)cc3)nn12. The summed E-state index contributed by atoms with van der Waals surface area (Å²) in [6.45, 7) is 0. The van der Waals surface area contributed by atoms with Crippen LogP contribution in [0, 0.1) is 0 Å². The molecule has 0 aliphatic carbocycles. The van der Waals surface area contributed by atoms with Gasteiger partial charge in [-0.15, -0.1) is 5.10 Å². The van der Waals surface area contributed by atoms with Gasteiger partial charge in [-0.3, -0.25) is 4.79 Å². The molecule has 3 aromatic heterocycles. The van der Waals surface area contributed by atoms with Gasteiger partial charge < -0.3 is 5.32 Å². The Kier molecular flexibility index (Phi) is 4.55. The van der Waals surface area contributed by atoms with Crippen molar-refractivity contribution in [2.45, 2.75) is 6.43 Å². The fourth-order valence-corrected chi connectivity index (χ4v) is 3.21. The average molecular weight is 416 g/mol. The van der Waals surface area contributed by atoms with Gasteiger partial charge in [-0.25, -0.2) is 23.7 Å². The summed E-state index contributed by atoms with van der Waals surface area (Å²) < 4.78 is 27.3. The Bertz CT molecular complexity index is 1470. The lowest BCUT2D eigenvalue weighted by Crippen LogP contribution is -2.11. The number of hydrogen-bond acceptors (Lipinski definition) is 6. The molecule has 0 saturated carbocycles. The van der Waals surface area contributed by atoms with E-state index in [9.17, 15) is 13.6 Å². The zero-order valence-electron chi connectivity index (χ0n) is 15.9. The van der Waals surface area contributed by atoms with Crippen molar-refractivity contribution in [2.75, 3.05) is 5.32 Å². The van der Waals surface area contributed by atoms with E-state index in [2.05, 4.69) is 25.4 Å². The summed E-state index contributed by atoms with van der Waals surface area (Å²) in [6.07, 6.45) is -1.14. The van der Waals surface area contributed by atoms with Crippen LogP contribution >= 0.6 is 0 Å². The first-order valence-corrected chi connectivity index (χ1v) is 9.36. The highest BCUT2D eigenvalue weighted by Crippen LogP contribution is 2.26. The standard InChI is InChI=1S/C22H14F2N6O/c23-18(24)13-8-10-14(11-9-13)19-28-20-15-5-1-2-6-16(15)26-22(30(20)29-19)27-17-7-3-4-12-25-21(17)31/h1-12,18H,(H,25,26,27,31).